The number of guanidine groups is 1. The molecule has 2 fully saturated rings. The molecule has 0 aromatic heterocycles. The predicted molar refractivity (Wildman–Crippen MR) is 103 cm³/mol. The number of likely N-dealkylation sites (tertiary alicyclic amines) is 1. The summed E-state index contributed by atoms with van der Waals surface area (Å²) in [5.74, 6) is 0.922. The fourth-order valence-corrected chi connectivity index (χ4v) is 3.50. The summed E-state index contributed by atoms with van der Waals surface area (Å²) in [7, 11) is 0. The monoisotopic (exact) mass is 354 g/mol. The summed E-state index contributed by atoms with van der Waals surface area (Å²) in [4.78, 5) is 7.23. The van der Waals surface area contributed by atoms with E-state index in [9.17, 15) is 0 Å². The summed E-state index contributed by atoms with van der Waals surface area (Å²) < 4.78 is 11.2. The quantitative estimate of drug-likeness (QED) is 0.357. The van der Waals surface area contributed by atoms with Crippen molar-refractivity contribution in [3.63, 3.8) is 0 Å². The molecule has 0 spiro atoms. The zero-order valence-corrected chi connectivity index (χ0v) is 16.3. The molecule has 146 valence electrons. The molecule has 0 bridgehead atoms. The Morgan fingerprint density at radius 2 is 2.16 bits per heavy atom. The molecular formula is C19H38N4O2. The van der Waals surface area contributed by atoms with Crippen molar-refractivity contribution in [2.75, 3.05) is 52.5 Å². The van der Waals surface area contributed by atoms with Gasteiger partial charge < -0.3 is 20.1 Å². The lowest BCUT2D eigenvalue weighted by Crippen LogP contribution is -2.45. The first-order valence-electron chi connectivity index (χ1n) is 10.2. The second-order valence-electron chi connectivity index (χ2n) is 7.13. The van der Waals surface area contributed by atoms with Gasteiger partial charge in [0.05, 0.1) is 12.7 Å². The minimum Gasteiger partial charge on any atom is -0.379 e. The average molecular weight is 355 g/mol. The Labute approximate surface area is 153 Å². The van der Waals surface area contributed by atoms with Gasteiger partial charge in [-0.1, -0.05) is 6.42 Å². The molecule has 2 heterocycles. The number of hydrogen-bond acceptors (Lipinski definition) is 4. The van der Waals surface area contributed by atoms with Gasteiger partial charge in [0.1, 0.15) is 0 Å². The van der Waals surface area contributed by atoms with Gasteiger partial charge in [0.2, 0.25) is 0 Å². The fraction of sp³-hybridized carbons (Fsp3) is 0.947. The van der Waals surface area contributed by atoms with Crippen LogP contribution in [0.2, 0.25) is 0 Å². The number of piperidine rings is 1. The Balaban J connectivity index is 1.55. The van der Waals surface area contributed by atoms with Gasteiger partial charge in [-0.05, 0) is 52.5 Å². The van der Waals surface area contributed by atoms with Crippen molar-refractivity contribution in [2.45, 2.75) is 64.5 Å². The van der Waals surface area contributed by atoms with E-state index in [-0.39, 0.29) is 0 Å². The van der Waals surface area contributed by atoms with Crippen LogP contribution < -0.4 is 10.6 Å². The normalized spacial score (nSPS) is 25.3. The molecule has 2 unspecified atom stereocenters. The maximum atomic E-state index is 5.69. The largest absolute Gasteiger partial charge is 0.379 e. The minimum atomic E-state index is 0.319. The van der Waals surface area contributed by atoms with Crippen LogP contribution in [0.15, 0.2) is 4.99 Å². The van der Waals surface area contributed by atoms with Crippen molar-refractivity contribution < 1.29 is 9.47 Å². The Hall–Kier alpha value is -0.850. The van der Waals surface area contributed by atoms with Crippen LogP contribution in [-0.2, 0) is 9.47 Å². The van der Waals surface area contributed by atoms with E-state index in [4.69, 9.17) is 9.47 Å². The lowest BCUT2D eigenvalue weighted by Gasteiger charge is -2.33. The highest BCUT2D eigenvalue weighted by Gasteiger charge is 2.17. The van der Waals surface area contributed by atoms with Crippen molar-refractivity contribution in [1.29, 1.82) is 0 Å². The molecule has 0 saturated carbocycles. The number of hydrogen-bond donors (Lipinski definition) is 2. The van der Waals surface area contributed by atoms with E-state index >= 15 is 0 Å². The minimum absolute atomic E-state index is 0.319. The van der Waals surface area contributed by atoms with Gasteiger partial charge in [0.15, 0.2) is 5.96 Å². The molecule has 6 heteroatoms. The van der Waals surface area contributed by atoms with E-state index in [2.05, 4.69) is 34.4 Å². The maximum Gasteiger partial charge on any atom is 0.191 e. The molecule has 0 aliphatic carbocycles. The molecule has 2 aliphatic rings. The van der Waals surface area contributed by atoms with Gasteiger partial charge in [-0.15, -0.1) is 0 Å². The van der Waals surface area contributed by atoms with Gasteiger partial charge in [-0.3, -0.25) is 9.89 Å². The molecule has 0 amide bonds. The number of aliphatic imine (C=N–C) groups is 1. The van der Waals surface area contributed by atoms with Gasteiger partial charge in [-0.25, -0.2) is 0 Å². The van der Waals surface area contributed by atoms with Crippen molar-refractivity contribution >= 4 is 5.96 Å². The highest BCUT2D eigenvalue weighted by Crippen LogP contribution is 2.15. The number of ether oxygens (including phenoxy) is 2. The maximum absolute atomic E-state index is 5.69. The van der Waals surface area contributed by atoms with E-state index in [0.29, 0.717) is 6.10 Å². The highest BCUT2D eigenvalue weighted by atomic mass is 16.5. The molecule has 0 aromatic rings. The third-order valence-electron chi connectivity index (χ3n) is 5.02. The van der Waals surface area contributed by atoms with E-state index in [1.807, 2.05) is 0 Å². The fourth-order valence-electron chi connectivity index (χ4n) is 3.50. The molecule has 2 N–H and O–H groups in total. The van der Waals surface area contributed by atoms with Crippen LogP contribution in [0.25, 0.3) is 0 Å². The standard InChI is InChI=1S/C19H38N4O2/c1-3-20-19(22-11-13-23-12-5-4-8-17(23)2)21-10-7-14-24-16-18-9-6-15-25-18/h17-18H,3-16H2,1-2H3,(H2,20,21,22). The number of rotatable bonds is 10. The zero-order valence-electron chi connectivity index (χ0n) is 16.3. The van der Waals surface area contributed by atoms with Crippen LogP contribution in [-0.4, -0.2) is 75.5 Å². The molecule has 6 nitrogen and oxygen atoms in total. The summed E-state index contributed by atoms with van der Waals surface area (Å²) in [6, 6.07) is 0.719. The van der Waals surface area contributed by atoms with Crippen LogP contribution in [0.1, 0.15) is 52.4 Å². The molecule has 25 heavy (non-hydrogen) atoms. The van der Waals surface area contributed by atoms with Crippen molar-refractivity contribution in [3.05, 3.63) is 0 Å². The van der Waals surface area contributed by atoms with E-state index in [1.165, 1.54) is 32.2 Å². The molecule has 0 aromatic carbocycles. The van der Waals surface area contributed by atoms with E-state index < -0.39 is 0 Å². The molecular weight excluding hydrogens is 316 g/mol. The Kier molecular flexibility index (Phi) is 10.2. The smallest absolute Gasteiger partial charge is 0.191 e. The molecule has 2 saturated heterocycles. The topological polar surface area (TPSA) is 58.1 Å². The third kappa shape index (κ3) is 8.38. The van der Waals surface area contributed by atoms with E-state index in [1.54, 1.807) is 0 Å². The summed E-state index contributed by atoms with van der Waals surface area (Å²) in [5.41, 5.74) is 0. The second kappa shape index (κ2) is 12.5. The summed E-state index contributed by atoms with van der Waals surface area (Å²) >= 11 is 0. The van der Waals surface area contributed by atoms with Gasteiger partial charge in [-0.2, -0.15) is 0 Å². The molecule has 0 radical (unpaired) electrons. The Morgan fingerprint density at radius 1 is 1.24 bits per heavy atom. The summed E-state index contributed by atoms with van der Waals surface area (Å²) in [6.07, 6.45) is 7.63. The van der Waals surface area contributed by atoms with Gasteiger partial charge in [0, 0.05) is 45.4 Å². The van der Waals surface area contributed by atoms with Crippen LogP contribution in [0.5, 0.6) is 0 Å². The van der Waals surface area contributed by atoms with Crippen molar-refractivity contribution in [1.82, 2.24) is 15.5 Å². The molecule has 2 aliphatic heterocycles. The lowest BCUT2D eigenvalue weighted by molar-refractivity contribution is 0.0171. The Morgan fingerprint density at radius 3 is 2.92 bits per heavy atom. The first kappa shape index (κ1) is 20.5. The van der Waals surface area contributed by atoms with E-state index in [0.717, 1.165) is 70.8 Å². The first-order chi connectivity index (χ1) is 12.3. The van der Waals surface area contributed by atoms with Crippen molar-refractivity contribution in [2.24, 2.45) is 4.99 Å². The van der Waals surface area contributed by atoms with Crippen LogP contribution in [0, 0.1) is 0 Å². The predicted octanol–water partition coefficient (Wildman–Crippen LogP) is 2.00. The average Bonchev–Trinajstić information content (AvgIpc) is 3.13. The SMILES string of the molecule is CCNC(=NCCCOCC1CCCO1)NCCN1CCCCC1C. The lowest BCUT2D eigenvalue weighted by atomic mass is 10.0. The van der Waals surface area contributed by atoms with Crippen LogP contribution in [0.4, 0.5) is 0 Å². The second-order valence-corrected chi connectivity index (χ2v) is 7.13. The molecule has 2 rings (SSSR count). The summed E-state index contributed by atoms with van der Waals surface area (Å²) in [6.45, 7) is 11.8. The van der Waals surface area contributed by atoms with Crippen LogP contribution >= 0.6 is 0 Å². The molecule has 2 atom stereocenters. The van der Waals surface area contributed by atoms with Crippen LogP contribution in [0.3, 0.4) is 0 Å². The zero-order chi connectivity index (χ0) is 17.7. The Bertz CT molecular complexity index is 372. The number of nitrogens with one attached hydrogen (secondary N) is 2. The first-order valence-corrected chi connectivity index (χ1v) is 10.2. The van der Waals surface area contributed by atoms with Gasteiger partial charge >= 0.3 is 0 Å². The van der Waals surface area contributed by atoms with Crippen molar-refractivity contribution in [3.8, 4) is 0 Å². The highest BCUT2D eigenvalue weighted by molar-refractivity contribution is 5.79. The van der Waals surface area contributed by atoms with Gasteiger partial charge in [0.25, 0.3) is 0 Å². The summed E-state index contributed by atoms with van der Waals surface area (Å²) in [5, 5.41) is 6.79. The third-order valence-corrected chi connectivity index (χ3v) is 5.02. The number of nitrogens with zero attached hydrogens (tertiary/aromatic N) is 2.